The van der Waals surface area contributed by atoms with Crippen LogP contribution in [0.2, 0.25) is 0 Å². The standard InChI is InChI=1S/C25H24FN3O3/c1-27(2)17-18-31-22-11-5-20(6-12-22)28-15-16-29(25(28)30)21-7-13-24(14-8-21)32-23-9-3-19(26)4-10-23/h3-16H,17-18H2,1-2H3. The summed E-state index contributed by atoms with van der Waals surface area (Å²) in [6, 6.07) is 20.4. The Labute approximate surface area is 185 Å². The molecule has 0 aliphatic rings. The molecular formula is C25H24FN3O3. The topological polar surface area (TPSA) is 48.6 Å². The van der Waals surface area contributed by atoms with Crippen molar-refractivity contribution in [2.24, 2.45) is 0 Å². The molecule has 1 aromatic heterocycles. The Morgan fingerprint density at radius 2 is 1.22 bits per heavy atom. The molecule has 0 radical (unpaired) electrons. The molecule has 6 nitrogen and oxygen atoms in total. The highest BCUT2D eigenvalue weighted by molar-refractivity contribution is 5.41. The molecule has 1 heterocycles. The summed E-state index contributed by atoms with van der Waals surface area (Å²) in [5.41, 5.74) is 1.28. The normalized spacial score (nSPS) is 11.0. The third kappa shape index (κ3) is 5.07. The number of imidazole rings is 1. The van der Waals surface area contributed by atoms with E-state index in [9.17, 15) is 9.18 Å². The molecule has 164 valence electrons. The van der Waals surface area contributed by atoms with E-state index in [4.69, 9.17) is 9.47 Å². The van der Waals surface area contributed by atoms with Crippen LogP contribution in [0.3, 0.4) is 0 Å². The first-order valence-electron chi connectivity index (χ1n) is 10.2. The summed E-state index contributed by atoms with van der Waals surface area (Å²) in [5.74, 6) is 1.58. The van der Waals surface area contributed by atoms with Crippen LogP contribution < -0.4 is 15.2 Å². The van der Waals surface area contributed by atoms with Crippen molar-refractivity contribution in [2.75, 3.05) is 27.2 Å². The lowest BCUT2D eigenvalue weighted by atomic mass is 10.3. The molecule has 4 rings (SSSR count). The van der Waals surface area contributed by atoms with Gasteiger partial charge in [-0.1, -0.05) is 0 Å². The van der Waals surface area contributed by atoms with Crippen LogP contribution in [0.1, 0.15) is 0 Å². The van der Waals surface area contributed by atoms with Crippen molar-refractivity contribution in [3.8, 4) is 28.6 Å². The van der Waals surface area contributed by atoms with Crippen molar-refractivity contribution in [3.05, 3.63) is 101 Å². The molecule has 0 saturated carbocycles. The van der Waals surface area contributed by atoms with E-state index in [0.717, 1.165) is 18.0 Å². The zero-order valence-electron chi connectivity index (χ0n) is 17.9. The van der Waals surface area contributed by atoms with E-state index in [1.165, 1.54) is 12.1 Å². The van der Waals surface area contributed by atoms with Crippen molar-refractivity contribution in [2.45, 2.75) is 0 Å². The van der Waals surface area contributed by atoms with E-state index in [1.807, 2.05) is 38.4 Å². The van der Waals surface area contributed by atoms with Crippen LogP contribution in [0.25, 0.3) is 11.4 Å². The van der Waals surface area contributed by atoms with Gasteiger partial charge in [-0.2, -0.15) is 0 Å². The number of hydrogen-bond donors (Lipinski definition) is 0. The van der Waals surface area contributed by atoms with Crippen LogP contribution in [0.5, 0.6) is 17.2 Å². The highest BCUT2D eigenvalue weighted by Crippen LogP contribution is 2.23. The first-order chi connectivity index (χ1) is 15.5. The van der Waals surface area contributed by atoms with Gasteiger partial charge >= 0.3 is 5.69 Å². The Balaban J connectivity index is 1.46. The number of hydrogen-bond acceptors (Lipinski definition) is 4. The van der Waals surface area contributed by atoms with Crippen LogP contribution >= 0.6 is 0 Å². The second kappa shape index (κ2) is 9.53. The average Bonchev–Trinajstić information content (AvgIpc) is 3.17. The van der Waals surface area contributed by atoms with Crippen LogP contribution in [0.4, 0.5) is 4.39 Å². The van der Waals surface area contributed by atoms with Crippen molar-refractivity contribution in [3.63, 3.8) is 0 Å². The molecule has 32 heavy (non-hydrogen) atoms. The molecule has 3 aromatic carbocycles. The fourth-order valence-corrected chi connectivity index (χ4v) is 3.13. The van der Waals surface area contributed by atoms with Crippen LogP contribution in [0, 0.1) is 5.82 Å². The molecule has 0 unspecified atom stereocenters. The Morgan fingerprint density at radius 1 is 0.750 bits per heavy atom. The third-order valence-corrected chi connectivity index (χ3v) is 4.86. The number of aromatic nitrogens is 2. The monoisotopic (exact) mass is 433 g/mol. The summed E-state index contributed by atoms with van der Waals surface area (Å²) < 4.78 is 27.6. The zero-order chi connectivity index (χ0) is 22.5. The molecule has 7 heteroatoms. The van der Waals surface area contributed by atoms with E-state index in [2.05, 4.69) is 4.90 Å². The summed E-state index contributed by atoms with van der Waals surface area (Å²) in [4.78, 5) is 15.0. The van der Waals surface area contributed by atoms with E-state index < -0.39 is 0 Å². The smallest absolute Gasteiger partial charge is 0.337 e. The van der Waals surface area contributed by atoms with Gasteiger partial charge in [0.15, 0.2) is 0 Å². The van der Waals surface area contributed by atoms with Gasteiger partial charge in [-0.05, 0) is 86.9 Å². The quantitative estimate of drug-likeness (QED) is 0.411. The Morgan fingerprint density at radius 3 is 1.72 bits per heavy atom. The SMILES string of the molecule is CN(C)CCOc1ccc(-n2ccn(-c3ccc(Oc4ccc(F)cc4)cc3)c2=O)cc1. The van der Waals surface area contributed by atoms with Gasteiger partial charge in [0.1, 0.15) is 29.7 Å². The van der Waals surface area contributed by atoms with Crippen molar-refractivity contribution < 1.29 is 13.9 Å². The highest BCUT2D eigenvalue weighted by atomic mass is 19.1. The summed E-state index contributed by atoms with van der Waals surface area (Å²) in [6.45, 7) is 1.43. The number of halogens is 1. The zero-order valence-corrected chi connectivity index (χ0v) is 17.9. The fourth-order valence-electron chi connectivity index (χ4n) is 3.13. The van der Waals surface area contributed by atoms with E-state index in [1.54, 1.807) is 57.9 Å². The summed E-state index contributed by atoms with van der Waals surface area (Å²) in [7, 11) is 3.99. The maximum absolute atomic E-state index is 13.0. The first-order valence-corrected chi connectivity index (χ1v) is 10.2. The van der Waals surface area contributed by atoms with Crippen molar-refractivity contribution in [1.82, 2.24) is 14.0 Å². The molecular weight excluding hydrogens is 409 g/mol. The predicted molar refractivity (Wildman–Crippen MR) is 122 cm³/mol. The lowest BCUT2D eigenvalue weighted by Gasteiger charge is -2.11. The minimum atomic E-state index is -0.317. The lowest BCUT2D eigenvalue weighted by Crippen LogP contribution is -2.21. The number of rotatable bonds is 8. The summed E-state index contributed by atoms with van der Waals surface area (Å²) in [5, 5.41) is 0. The fraction of sp³-hybridized carbons (Fsp3) is 0.160. The van der Waals surface area contributed by atoms with E-state index in [-0.39, 0.29) is 11.5 Å². The number of benzene rings is 3. The van der Waals surface area contributed by atoms with Gasteiger partial charge in [-0.15, -0.1) is 0 Å². The van der Waals surface area contributed by atoms with Gasteiger partial charge in [0.05, 0.1) is 11.4 Å². The highest BCUT2D eigenvalue weighted by Gasteiger charge is 2.08. The van der Waals surface area contributed by atoms with Gasteiger partial charge in [0, 0.05) is 18.9 Å². The maximum atomic E-state index is 13.0. The number of ether oxygens (including phenoxy) is 2. The Hall–Kier alpha value is -3.84. The van der Waals surface area contributed by atoms with Crippen LogP contribution in [0.15, 0.2) is 90.0 Å². The van der Waals surface area contributed by atoms with Gasteiger partial charge in [0.2, 0.25) is 0 Å². The predicted octanol–water partition coefficient (Wildman–Crippen LogP) is 4.50. The molecule has 4 aromatic rings. The lowest BCUT2D eigenvalue weighted by molar-refractivity contribution is 0.261. The van der Waals surface area contributed by atoms with Crippen LogP contribution in [-0.4, -0.2) is 41.3 Å². The molecule has 0 fully saturated rings. The van der Waals surface area contributed by atoms with E-state index >= 15 is 0 Å². The molecule has 0 amide bonds. The van der Waals surface area contributed by atoms with Crippen molar-refractivity contribution >= 4 is 0 Å². The van der Waals surface area contributed by atoms with Gasteiger partial charge < -0.3 is 14.4 Å². The molecule has 0 aliphatic heterocycles. The molecule has 0 spiro atoms. The first kappa shape index (κ1) is 21.4. The second-order valence-corrected chi connectivity index (χ2v) is 7.52. The second-order valence-electron chi connectivity index (χ2n) is 7.52. The molecule has 0 N–H and O–H groups in total. The van der Waals surface area contributed by atoms with Gasteiger partial charge in [-0.25, -0.2) is 9.18 Å². The number of nitrogens with zero attached hydrogens (tertiary/aromatic N) is 3. The summed E-state index contributed by atoms with van der Waals surface area (Å²) in [6.07, 6.45) is 3.45. The Kier molecular flexibility index (Phi) is 6.37. The third-order valence-electron chi connectivity index (χ3n) is 4.86. The van der Waals surface area contributed by atoms with E-state index in [0.29, 0.717) is 23.8 Å². The minimum Gasteiger partial charge on any atom is -0.492 e. The maximum Gasteiger partial charge on any atom is 0.337 e. The minimum absolute atomic E-state index is 0.182. The van der Waals surface area contributed by atoms with Gasteiger partial charge in [-0.3, -0.25) is 9.13 Å². The average molecular weight is 433 g/mol. The molecule has 0 atom stereocenters. The molecule has 0 bridgehead atoms. The molecule has 0 aliphatic carbocycles. The largest absolute Gasteiger partial charge is 0.492 e. The van der Waals surface area contributed by atoms with Crippen LogP contribution in [-0.2, 0) is 0 Å². The summed E-state index contributed by atoms with van der Waals surface area (Å²) >= 11 is 0. The van der Waals surface area contributed by atoms with Crippen molar-refractivity contribution in [1.29, 1.82) is 0 Å². The van der Waals surface area contributed by atoms with Gasteiger partial charge in [0.25, 0.3) is 0 Å². The Bertz CT molecular complexity index is 1210. The molecule has 0 saturated heterocycles. The number of likely N-dealkylation sites (N-methyl/N-ethyl adjacent to an activating group) is 1.